The number of carbonyl (C=O) groups excluding carboxylic acids is 2. The van der Waals surface area contributed by atoms with Crippen LogP contribution in [-0.2, 0) is 9.59 Å². The minimum atomic E-state index is -0.715. The highest BCUT2D eigenvalue weighted by atomic mass is 16.5. The molecule has 1 heterocycles. The Labute approximate surface area is 123 Å². The Balaban J connectivity index is 1.89. The summed E-state index contributed by atoms with van der Waals surface area (Å²) in [6.45, 7) is 2.27. The Morgan fingerprint density at radius 1 is 1.48 bits per heavy atom. The SMILES string of the molecule is C[C@@H](Oc1ccc(C#N)cc1)C(=O)N[C@@H]1CCCNC1=O. The summed E-state index contributed by atoms with van der Waals surface area (Å²) in [7, 11) is 0. The van der Waals surface area contributed by atoms with Crippen molar-refractivity contribution in [3.63, 3.8) is 0 Å². The maximum absolute atomic E-state index is 12.0. The smallest absolute Gasteiger partial charge is 0.261 e. The summed E-state index contributed by atoms with van der Waals surface area (Å²) in [5.41, 5.74) is 0.526. The molecule has 1 fully saturated rings. The van der Waals surface area contributed by atoms with Gasteiger partial charge in [-0.25, -0.2) is 0 Å². The first kappa shape index (κ1) is 14.9. The molecule has 0 aliphatic carbocycles. The first-order valence-electron chi connectivity index (χ1n) is 6.85. The lowest BCUT2D eigenvalue weighted by Gasteiger charge is -2.24. The molecule has 21 heavy (non-hydrogen) atoms. The number of nitrogens with zero attached hydrogens (tertiary/aromatic N) is 1. The number of ether oxygens (including phenoxy) is 1. The Hall–Kier alpha value is -2.55. The van der Waals surface area contributed by atoms with Crippen molar-refractivity contribution in [1.29, 1.82) is 5.26 Å². The highest BCUT2D eigenvalue weighted by molar-refractivity contribution is 5.89. The molecule has 0 unspecified atom stereocenters. The van der Waals surface area contributed by atoms with Crippen molar-refractivity contribution in [2.24, 2.45) is 0 Å². The molecule has 0 radical (unpaired) electrons. The number of carbonyl (C=O) groups is 2. The van der Waals surface area contributed by atoms with Gasteiger partial charge in [-0.3, -0.25) is 9.59 Å². The first-order chi connectivity index (χ1) is 10.1. The van der Waals surface area contributed by atoms with Crippen LogP contribution in [0.25, 0.3) is 0 Å². The fourth-order valence-corrected chi connectivity index (χ4v) is 2.06. The molecule has 0 bridgehead atoms. The fraction of sp³-hybridized carbons (Fsp3) is 0.400. The van der Waals surface area contributed by atoms with Crippen LogP contribution in [-0.4, -0.2) is 30.5 Å². The largest absolute Gasteiger partial charge is 0.481 e. The number of amides is 2. The van der Waals surface area contributed by atoms with Crippen molar-refractivity contribution in [2.75, 3.05) is 6.54 Å². The maximum Gasteiger partial charge on any atom is 0.261 e. The molecule has 2 N–H and O–H groups in total. The summed E-state index contributed by atoms with van der Waals surface area (Å²) in [5, 5.41) is 14.1. The van der Waals surface area contributed by atoms with Gasteiger partial charge in [-0.15, -0.1) is 0 Å². The van der Waals surface area contributed by atoms with Gasteiger partial charge in [0, 0.05) is 6.54 Å². The molecule has 0 spiro atoms. The maximum atomic E-state index is 12.0. The van der Waals surface area contributed by atoms with Crippen molar-refractivity contribution >= 4 is 11.8 Å². The van der Waals surface area contributed by atoms with Gasteiger partial charge in [0.2, 0.25) is 5.91 Å². The highest BCUT2D eigenvalue weighted by Crippen LogP contribution is 2.13. The highest BCUT2D eigenvalue weighted by Gasteiger charge is 2.26. The molecule has 1 aromatic rings. The van der Waals surface area contributed by atoms with E-state index in [1.54, 1.807) is 31.2 Å². The van der Waals surface area contributed by atoms with Crippen LogP contribution in [0.15, 0.2) is 24.3 Å². The third kappa shape index (κ3) is 3.96. The molecule has 0 saturated carbocycles. The molecular formula is C15H17N3O3. The third-order valence-electron chi connectivity index (χ3n) is 3.27. The second-order valence-corrected chi connectivity index (χ2v) is 4.89. The summed E-state index contributed by atoms with van der Waals surface area (Å²) in [4.78, 5) is 23.6. The van der Waals surface area contributed by atoms with Gasteiger partial charge in [-0.2, -0.15) is 5.26 Å². The Morgan fingerprint density at radius 2 is 2.19 bits per heavy atom. The van der Waals surface area contributed by atoms with Gasteiger partial charge in [0.15, 0.2) is 6.10 Å². The topological polar surface area (TPSA) is 91.2 Å². The molecule has 110 valence electrons. The number of nitriles is 1. The first-order valence-corrected chi connectivity index (χ1v) is 6.85. The predicted molar refractivity (Wildman–Crippen MR) is 75.4 cm³/mol. The third-order valence-corrected chi connectivity index (χ3v) is 3.27. The van der Waals surface area contributed by atoms with Crippen LogP contribution < -0.4 is 15.4 Å². The summed E-state index contributed by atoms with van der Waals surface area (Å²) in [5.74, 6) is 0.0197. The van der Waals surface area contributed by atoms with E-state index in [9.17, 15) is 9.59 Å². The van der Waals surface area contributed by atoms with Crippen LogP contribution in [0.1, 0.15) is 25.3 Å². The van der Waals surface area contributed by atoms with E-state index in [1.165, 1.54) is 0 Å². The van der Waals surface area contributed by atoms with Gasteiger partial charge in [0.25, 0.3) is 5.91 Å². The van der Waals surface area contributed by atoms with Crippen molar-refractivity contribution in [3.8, 4) is 11.8 Å². The van der Waals surface area contributed by atoms with Crippen LogP contribution in [0.5, 0.6) is 5.75 Å². The lowest BCUT2D eigenvalue weighted by Crippen LogP contribution is -2.52. The Bertz CT molecular complexity index is 563. The van der Waals surface area contributed by atoms with Crippen LogP contribution in [0, 0.1) is 11.3 Å². The molecule has 1 saturated heterocycles. The van der Waals surface area contributed by atoms with E-state index >= 15 is 0 Å². The minimum absolute atomic E-state index is 0.153. The number of hydrogen-bond acceptors (Lipinski definition) is 4. The second kappa shape index (κ2) is 6.75. The number of rotatable bonds is 4. The van der Waals surface area contributed by atoms with Crippen molar-refractivity contribution in [1.82, 2.24) is 10.6 Å². The zero-order valence-corrected chi connectivity index (χ0v) is 11.8. The Kier molecular flexibility index (Phi) is 4.77. The second-order valence-electron chi connectivity index (χ2n) is 4.89. The molecule has 2 atom stereocenters. The van der Waals surface area contributed by atoms with Gasteiger partial charge >= 0.3 is 0 Å². The van der Waals surface area contributed by atoms with Gasteiger partial charge in [0.05, 0.1) is 11.6 Å². The fourth-order valence-electron chi connectivity index (χ4n) is 2.06. The number of benzene rings is 1. The zero-order valence-electron chi connectivity index (χ0n) is 11.8. The van der Waals surface area contributed by atoms with Crippen LogP contribution in [0.2, 0.25) is 0 Å². The molecule has 6 nitrogen and oxygen atoms in total. The summed E-state index contributed by atoms with van der Waals surface area (Å²) < 4.78 is 5.50. The lowest BCUT2D eigenvalue weighted by atomic mass is 10.1. The summed E-state index contributed by atoms with van der Waals surface area (Å²) in [6.07, 6.45) is 0.774. The van der Waals surface area contributed by atoms with Gasteiger partial charge < -0.3 is 15.4 Å². The molecule has 2 amide bonds. The van der Waals surface area contributed by atoms with Crippen LogP contribution >= 0.6 is 0 Å². The van der Waals surface area contributed by atoms with Crippen LogP contribution in [0.3, 0.4) is 0 Å². The summed E-state index contributed by atoms with van der Waals surface area (Å²) >= 11 is 0. The average molecular weight is 287 g/mol. The van der Waals surface area contributed by atoms with Crippen molar-refractivity contribution in [3.05, 3.63) is 29.8 Å². The molecular weight excluding hydrogens is 270 g/mol. The number of hydrogen-bond donors (Lipinski definition) is 2. The van der Waals surface area contributed by atoms with Crippen LogP contribution in [0.4, 0.5) is 0 Å². The van der Waals surface area contributed by atoms with Gasteiger partial charge in [-0.1, -0.05) is 0 Å². The van der Waals surface area contributed by atoms with E-state index in [-0.39, 0.29) is 11.8 Å². The minimum Gasteiger partial charge on any atom is -0.481 e. The molecule has 6 heteroatoms. The number of nitrogens with one attached hydrogen (secondary N) is 2. The van der Waals surface area contributed by atoms with E-state index in [0.717, 1.165) is 6.42 Å². The van der Waals surface area contributed by atoms with Gasteiger partial charge in [-0.05, 0) is 44.0 Å². The van der Waals surface area contributed by atoms with E-state index in [1.807, 2.05) is 6.07 Å². The molecule has 2 rings (SSSR count). The molecule has 0 aromatic heterocycles. The lowest BCUT2D eigenvalue weighted by molar-refractivity contribution is -0.133. The van der Waals surface area contributed by atoms with E-state index in [2.05, 4.69) is 10.6 Å². The molecule has 1 aromatic carbocycles. The van der Waals surface area contributed by atoms with E-state index in [4.69, 9.17) is 10.00 Å². The molecule has 1 aliphatic rings. The predicted octanol–water partition coefficient (Wildman–Crippen LogP) is 0.720. The standard InChI is InChI=1S/C15H17N3O3/c1-10(21-12-6-4-11(9-16)5-7-12)14(19)18-13-3-2-8-17-15(13)20/h4-7,10,13H,2-3,8H2,1H3,(H,17,20)(H,18,19)/t10-,13-/m1/s1. The van der Waals surface area contributed by atoms with Gasteiger partial charge in [0.1, 0.15) is 11.8 Å². The van der Waals surface area contributed by atoms with E-state index < -0.39 is 12.1 Å². The molecule has 1 aliphatic heterocycles. The monoisotopic (exact) mass is 287 g/mol. The zero-order chi connectivity index (χ0) is 15.2. The van der Waals surface area contributed by atoms with Crippen molar-refractivity contribution in [2.45, 2.75) is 31.9 Å². The van der Waals surface area contributed by atoms with E-state index in [0.29, 0.717) is 24.3 Å². The van der Waals surface area contributed by atoms with Crippen molar-refractivity contribution < 1.29 is 14.3 Å². The average Bonchev–Trinajstić information content (AvgIpc) is 2.50. The number of piperidine rings is 1. The summed E-state index contributed by atoms with van der Waals surface area (Å²) in [6, 6.07) is 8.03. The quantitative estimate of drug-likeness (QED) is 0.853. The normalized spacial score (nSPS) is 19.0. The Morgan fingerprint density at radius 3 is 2.81 bits per heavy atom.